The first kappa shape index (κ1) is 16.9. The molecular weight excluding hydrogens is 232 g/mol. The largest absolute Gasteiger partial charge is 0.465 e. The first-order valence-corrected chi connectivity index (χ1v) is 6.89. The maximum Gasteiger partial charge on any atom is 0.320 e. The van der Waals surface area contributed by atoms with Gasteiger partial charge in [0.05, 0.1) is 13.2 Å². The summed E-state index contributed by atoms with van der Waals surface area (Å²) < 4.78 is 10.0. The van der Waals surface area contributed by atoms with Crippen LogP contribution in [0.1, 0.15) is 53.4 Å². The van der Waals surface area contributed by atoms with Crippen LogP contribution in [0.4, 0.5) is 0 Å². The molecule has 0 saturated heterocycles. The fraction of sp³-hybridized carbons (Fsp3) is 0.857. The summed E-state index contributed by atoms with van der Waals surface area (Å²) in [6.07, 6.45) is 3.73. The first-order chi connectivity index (χ1) is 8.56. The Kier molecular flexibility index (Phi) is 9.33. The van der Waals surface area contributed by atoms with Gasteiger partial charge in [0.1, 0.15) is 0 Å². The van der Waals surface area contributed by atoms with E-state index in [1.807, 2.05) is 6.92 Å². The van der Waals surface area contributed by atoms with Crippen LogP contribution in [0.2, 0.25) is 0 Å². The lowest BCUT2D eigenvalue weighted by Crippen LogP contribution is -2.28. The molecule has 0 saturated carbocycles. The second-order valence-electron chi connectivity index (χ2n) is 4.59. The van der Waals surface area contributed by atoms with E-state index in [0.717, 1.165) is 19.3 Å². The zero-order valence-corrected chi connectivity index (χ0v) is 12.0. The Hall–Kier alpha value is -1.06. The summed E-state index contributed by atoms with van der Waals surface area (Å²) in [5.41, 5.74) is 0. The number of rotatable bonds is 9. The minimum atomic E-state index is -0.775. The molecule has 0 rings (SSSR count). The van der Waals surface area contributed by atoms with Crippen LogP contribution < -0.4 is 0 Å². The minimum absolute atomic E-state index is 0.287. The molecule has 0 fully saturated rings. The molecule has 0 heterocycles. The lowest BCUT2D eigenvalue weighted by molar-refractivity contribution is -0.162. The van der Waals surface area contributed by atoms with Gasteiger partial charge < -0.3 is 9.47 Å². The van der Waals surface area contributed by atoms with E-state index >= 15 is 0 Å². The van der Waals surface area contributed by atoms with Crippen LogP contribution in [0.3, 0.4) is 0 Å². The van der Waals surface area contributed by atoms with E-state index in [1.165, 1.54) is 0 Å². The molecule has 0 aliphatic rings. The van der Waals surface area contributed by atoms with E-state index in [9.17, 15) is 9.59 Å². The van der Waals surface area contributed by atoms with E-state index in [0.29, 0.717) is 18.9 Å². The van der Waals surface area contributed by atoms with Crippen LogP contribution in [0.15, 0.2) is 0 Å². The maximum absolute atomic E-state index is 11.7. The number of carbonyl (C=O) groups excluding carboxylic acids is 2. The number of hydrogen-bond donors (Lipinski definition) is 0. The van der Waals surface area contributed by atoms with Gasteiger partial charge in [-0.25, -0.2) is 0 Å². The smallest absolute Gasteiger partial charge is 0.320 e. The fourth-order valence-electron chi connectivity index (χ4n) is 1.63. The molecule has 0 amide bonds. The van der Waals surface area contributed by atoms with Crippen molar-refractivity contribution in [3.63, 3.8) is 0 Å². The lowest BCUT2D eigenvalue weighted by atomic mass is 10.1. The molecule has 0 N–H and O–H groups in total. The van der Waals surface area contributed by atoms with E-state index in [2.05, 4.69) is 6.92 Å². The Morgan fingerprint density at radius 2 is 1.67 bits per heavy atom. The molecule has 0 bridgehead atoms. The van der Waals surface area contributed by atoms with Gasteiger partial charge in [0.2, 0.25) is 0 Å². The molecule has 106 valence electrons. The molecule has 0 spiro atoms. The Morgan fingerprint density at radius 1 is 1.06 bits per heavy atom. The van der Waals surface area contributed by atoms with Crippen LogP contribution in [-0.2, 0) is 19.1 Å². The highest BCUT2D eigenvalue weighted by Gasteiger charge is 2.27. The second kappa shape index (κ2) is 9.92. The fourth-order valence-corrected chi connectivity index (χ4v) is 1.63. The van der Waals surface area contributed by atoms with Crippen LogP contribution in [0, 0.1) is 11.8 Å². The maximum atomic E-state index is 11.7. The molecule has 0 aromatic carbocycles. The lowest BCUT2D eigenvalue weighted by Gasteiger charge is -2.15. The van der Waals surface area contributed by atoms with Gasteiger partial charge in [-0.2, -0.15) is 0 Å². The molecule has 0 radical (unpaired) electrons. The number of hydrogen-bond acceptors (Lipinski definition) is 4. The zero-order valence-electron chi connectivity index (χ0n) is 12.0. The van der Waals surface area contributed by atoms with Crippen molar-refractivity contribution in [1.29, 1.82) is 0 Å². The van der Waals surface area contributed by atoms with Gasteiger partial charge in [-0.1, -0.05) is 33.6 Å². The van der Waals surface area contributed by atoms with Gasteiger partial charge in [-0.3, -0.25) is 9.59 Å². The summed E-state index contributed by atoms with van der Waals surface area (Å²) in [5, 5.41) is 0. The van der Waals surface area contributed by atoms with Gasteiger partial charge in [0.25, 0.3) is 0 Å². The summed E-state index contributed by atoms with van der Waals surface area (Å²) in [5.74, 6) is -1.37. The average Bonchev–Trinajstić information content (AvgIpc) is 2.35. The van der Waals surface area contributed by atoms with Gasteiger partial charge in [-0.05, 0) is 25.7 Å². The van der Waals surface area contributed by atoms with E-state index in [4.69, 9.17) is 9.47 Å². The summed E-state index contributed by atoms with van der Waals surface area (Å²) in [6, 6.07) is 0. The Morgan fingerprint density at radius 3 is 2.17 bits per heavy atom. The Balaban J connectivity index is 4.08. The van der Waals surface area contributed by atoms with Crippen LogP contribution in [0.5, 0.6) is 0 Å². The molecule has 2 atom stereocenters. The normalized spacial score (nSPS) is 13.8. The molecule has 0 aliphatic carbocycles. The molecule has 2 unspecified atom stereocenters. The van der Waals surface area contributed by atoms with Crippen molar-refractivity contribution in [2.45, 2.75) is 53.4 Å². The van der Waals surface area contributed by atoms with E-state index in [-0.39, 0.29) is 6.61 Å². The monoisotopic (exact) mass is 258 g/mol. The summed E-state index contributed by atoms with van der Waals surface area (Å²) >= 11 is 0. The van der Waals surface area contributed by atoms with Gasteiger partial charge in [0, 0.05) is 0 Å². The van der Waals surface area contributed by atoms with Gasteiger partial charge >= 0.3 is 11.9 Å². The number of ether oxygens (including phenoxy) is 2. The topological polar surface area (TPSA) is 52.6 Å². The highest BCUT2D eigenvalue weighted by Crippen LogP contribution is 2.12. The van der Waals surface area contributed by atoms with E-state index in [1.54, 1.807) is 13.8 Å². The third kappa shape index (κ3) is 6.62. The number of carbonyl (C=O) groups is 2. The van der Waals surface area contributed by atoms with Crippen molar-refractivity contribution in [1.82, 2.24) is 0 Å². The summed E-state index contributed by atoms with van der Waals surface area (Å²) in [4.78, 5) is 23.3. The molecule has 4 nitrogen and oxygen atoms in total. The summed E-state index contributed by atoms with van der Waals surface area (Å²) in [6.45, 7) is 8.36. The zero-order chi connectivity index (χ0) is 14.0. The van der Waals surface area contributed by atoms with Gasteiger partial charge in [0.15, 0.2) is 5.92 Å². The van der Waals surface area contributed by atoms with Crippen molar-refractivity contribution in [2.24, 2.45) is 11.8 Å². The Labute approximate surface area is 110 Å². The van der Waals surface area contributed by atoms with Crippen LogP contribution in [-0.4, -0.2) is 25.2 Å². The third-order valence-corrected chi connectivity index (χ3v) is 2.82. The highest BCUT2D eigenvalue weighted by molar-refractivity contribution is 5.94. The second-order valence-corrected chi connectivity index (χ2v) is 4.59. The molecule has 18 heavy (non-hydrogen) atoms. The van der Waals surface area contributed by atoms with Crippen molar-refractivity contribution < 1.29 is 19.1 Å². The Bertz CT molecular complexity index is 250. The predicted molar refractivity (Wildman–Crippen MR) is 70.1 cm³/mol. The first-order valence-electron chi connectivity index (χ1n) is 6.89. The highest BCUT2D eigenvalue weighted by atomic mass is 16.6. The summed E-state index contributed by atoms with van der Waals surface area (Å²) in [7, 11) is 0. The third-order valence-electron chi connectivity index (χ3n) is 2.82. The minimum Gasteiger partial charge on any atom is -0.465 e. The SMILES string of the molecule is CCCCC(C)COC(=O)C(CC)C(=O)OCC. The van der Waals surface area contributed by atoms with Crippen molar-refractivity contribution in [3.8, 4) is 0 Å². The number of esters is 2. The molecule has 4 heteroatoms. The van der Waals surface area contributed by atoms with Crippen LogP contribution >= 0.6 is 0 Å². The van der Waals surface area contributed by atoms with Crippen molar-refractivity contribution in [3.05, 3.63) is 0 Å². The quantitative estimate of drug-likeness (QED) is 0.471. The van der Waals surface area contributed by atoms with Crippen LogP contribution in [0.25, 0.3) is 0 Å². The molecule has 0 aliphatic heterocycles. The predicted octanol–water partition coefficient (Wildman–Crippen LogP) is 2.95. The van der Waals surface area contributed by atoms with Crippen molar-refractivity contribution >= 4 is 11.9 Å². The molecule has 0 aromatic rings. The van der Waals surface area contributed by atoms with Gasteiger partial charge in [-0.15, -0.1) is 0 Å². The standard InChI is InChI=1S/C14H26O4/c1-5-8-9-11(4)10-18-14(16)12(6-2)13(15)17-7-3/h11-12H,5-10H2,1-4H3. The number of unbranched alkanes of at least 4 members (excludes halogenated alkanes) is 1. The van der Waals surface area contributed by atoms with Crippen molar-refractivity contribution in [2.75, 3.05) is 13.2 Å². The molecular formula is C14H26O4. The van der Waals surface area contributed by atoms with E-state index < -0.39 is 17.9 Å². The molecule has 0 aromatic heterocycles. The average molecular weight is 258 g/mol.